The lowest BCUT2D eigenvalue weighted by atomic mass is 9.71. The molecule has 2 nitrogen and oxygen atoms in total. The first kappa shape index (κ1) is 15.3. The van der Waals surface area contributed by atoms with Gasteiger partial charge in [0.15, 0.2) is 0 Å². The Morgan fingerprint density at radius 3 is 2.32 bits per heavy atom. The van der Waals surface area contributed by atoms with Crippen molar-refractivity contribution in [2.45, 2.75) is 89.6 Å². The summed E-state index contributed by atoms with van der Waals surface area (Å²) >= 11 is 0. The monoisotopic (exact) mass is 267 g/mol. The average molecular weight is 267 g/mol. The lowest BCUT2D eigenvalue weighted by molar-refractivity contribution is 0.0691. The highest BCUT2D eigenvalue weighted by Crippen LogP contribution is 2.37. The third-order valence-corrected chi connectivity index (χ3v) is 5.49. The molecule has 0 saturated heterocycles. The van der Waals surface area contributed by atoms with Crippen molar-refractivity contribution in [2.24, 2.45) is 11.8 Å². The minimum atomic E-state index is 0.0300. The van der Waals surface area contributed by atoms with E-state index in [-0.39, 0.29) is 5.54 Å². The van der Waals surface area contributed by atoms with E-state index < -0.39 is 0 Å². The molecular formula is C17H33NO. The van der Waals surface area contributed by atoms with E-state index in [1.54, 1.807) is 0 Å². The predicted octanol–water partition coefficient (Wildman–Crippen LogP) is 3.88. The Labute approximate surface area is 119 Å². The Hall–Kier alpha value is -0.0800. The minimum Gasteiger partial charge on any atom is -0.394 e. The molecule has 112 valence electrons. The third-order valence-electron chi connectivity index (χ3n) is 5.49. The van der Waals surface area contributed by atoms with Crippen LogP contribution in [0.3, 0.4) is 0 Å². The van der Waals surface area contributed by atoms with Crippen LogP contribution in [0.15, 0.2) is 0 Å². The second kappa shape index (κ2) is 7.08. The highest BCUT2D eigenvalue weighted by Gasteiger charge is 2.38. The van der Waals surface area contributed by atoms with E-state index >= 15 is 0 Å². The Bertz CT molecular complexity index is 258. The zero-order valence-corrected chi connectivity index (χ0v) is 13.0. The van der Waals surface area contributed by atoms with E-state index in [0.29, 0.717) is 12.6 Å². The van der Waals surface area contributed by atoms with Crippen LogP contribution < -0.4 is 5.32 Å². The first-order valence-electron chi connectivity index (χ1n) is 8.54. The summed E-state index contributed by atoms with van der Waals surface area (Å²) in [7, 11) is 0. The zero-order valence-electron chi connectivity index (χ0n) is 13.0. The van der Waals surface area contributed by atoms with Crippen LogP contribution in [-0.4, -0.2) is 23.3 Å². The second-order valence-corrected chi connectivity index (χ2v) is 7.37. The zero-order chi connectivity index (χ0) is 13.7. The van der Waals surface area contributed by atoms with Crippen LogP contribution in [0.1, 0.15) is 78.1 Å². The van der Waals surface area contributed by atoms with Crippen LogP contribution in [0.2, 0.25) is 0 Å². The van der Waals surface area contributed by atoms with Crippen molar-refractivity contribution in [1.82, 2.24) is 5.32 Å². The third kappa shape index (κ3) is 4.19. The molecule has 0 bridgehead atoms. The van der Waals surface area contributed by atoms with Gasteiger partial charge in [0, 0.05) is 11.6 Å². The maximum absolute atomic E-state index is 9.98. The van der Waals surface area contributed by atoms with Crippen molar-refractivity contribution < 1.29 is 5.11 Å². The van der Waals surface area contributed by atoms with Gasteiger partial charge in [-0.3, -0.25) is 0 Å². The van der Waals surface area contributed by atoms with Gasteiger partial charge in [-0.2, -0.15) is 0 Å². The normalized spacial score (nSPS) is 34.4. The van der Waals surface area contributed by atoms with Crippen LogP contribution in [0.5, 0.6) is 0 Å². The quantitative estimate of drug-likeness (QED) is 0.758. The number of aliphatic hydroxyl groups is 1. The fraction of sp³-hybridized carbons (Fsp3) is 1.00. The molecule has 2 rings (SSSR count). The Morgan fingerprint density at radius 2 is 1.74 bits per heavy atom. The van der Waals surface area contributed by atoms with Gasteiger partial charge in [0.25, 0.3) is 0 Å². The highest BCUT2D eigenvalue weighted by molar-refractivity contribution is 4.96. The van der Waals surface area contributed by atoms with Crippen LogP contribution in [0.25, 0.3) is 0 Å². The molecule has 0 aromatic rings. The molecule has 0 aromatic heterocycles. The lowest BCUT2D eigenvalue weighted by Gasteiger charge is -2.44. The predicted molar refractivity (Wildman–Crippen MR) is 81.2 cm³/mol. The molecule has 2 N–H and O–H groups in total. The number of nitrogens with one attached hydrogen (secondary N) is 1. The van der Waals surface area contributed by atoms with Crippen molar-refractivity contribution >= 4 is 0 Å². The van der Waals surface area contributed by atoms with Crippen molar-refractivity contribution in [3.05, 3.63) is 0 Å². The molecule has 0 heterocycles. The molecule has 0 spiro atoms. The molecule has 2 saturated carbocycles. The van der Waals surface area contributed by atoms with E-state index in [2.05, 4.69) is 19.2 Å². The molecule has 0 aliphatic heterocycles. The molecular weight excluding hydrogens is 234 g/mol. The molecule has 2 aliphatic carbocycles. The summed E-state index contributed by atoms with van der Waals surface area (Å²) in [5, 5.41) is 13.9. The number of aliphatic hydroxyl groups excluding tert-OH is 1. The summed E-state index contributed by atoms with van der Waals surface area (Å²) in [5.41, 5.74) is 0.0300. The molecule has 2 fully saturated rings. The average Bonchev–Trinajstić information content (AvgIpc) is 2.67. The standard InChI is InChI=1S/C17H33NO/c1-14(2)15-8-7-11-17(12-15,13-19)18-16-9-5-3-4-6-10-16/h14-16,18-19H,3-13H2,1-2H3. The van der Waals surface area contributed by atoms with Gasteiger partial charge in [0.1, 0.15) is 0 Å². The van der Waals surface area contributed by atoms with Crippen molar-refractivity contribution in [1.29, 1.82) is 0 Å². The maximum Gasteiger partial charge on any atom is 0.0613 e. The largest absolute Gasteiger partial charge is 0.394 e. The Kier molecular flexibility index (Phi) is 5.70. The number of hydrogen-bond donors (Lipinski definition) is 2. The van der Waals surface area contributed by atoms with Gasteiger partial charge in [-0.15, -0.1) is 0 Å². The summed E-state index contributed by atoms with van der Waals surface area (Å²) < 4.78 is 0. The van der Waals surface area contributed by atoms with E-state index in [4.69, 9.17) is 0 Å². The van der Waals surface area contributed by atoms with Gasteiger partial charge >= 0.3 is 0 Å². The minimum absolute atomic E-state index is 0.0300. The fourth-order valence-corrected chi connectivity index (χ4v) is 4.15. The van der Waals surface area contributed by atoms with Crippen molar-refractivity contribution in [2.75, 3.05) is 6.61 Å². The molecule has 19 heavy (non-hydrogen) atoms. The smallest absolute Gasteiger partial charge is 0.0613 e. The van der Waals surface area contributed by atoms with Gasteiger partial charge in [0.2, 0.25) is 0 Å². The summed E-state index contributed by atoms with van der Waals surface area (Å²) in [6.07, 6.45) is 13.1. The van der Waals surface area contributed by atoms with Gasteiger partial charge in [0.05, 0.1) is 6.61 Å². The molecule has 0 radical (unpaired) electrons. The first-order chi connectivity index (χ1) is 9.15. The first-order valence-corrected chi connectivity index (χ1v) is 8.54. The lowest BCUT2D eigenvalue weighted by Crippen LogP contribution is -2.55. The molecule has 2 atom stereocenters. The SMILES string of the molecule is CC(C)C1CCCC(CO)(NC2CCCCCC2)C1. The van der Waals surface area contributed by atoms with Crippen LogP contribution in [-0.2, 0) is 0 Å². The van der Waals surface area contributed by atoms with Crippen molar-refractivity contribution in [3.63, 3.8) is 0 Å². The van der Waals surface area contributed by atoms with Gasteiger partial charge in [-0.05, 0) is 37.5 Å². The summed E-state index contributed by atoms with van der Waals surface area (Å²) in [5.74, 6) is 1.54. The Balaban J connectivity index is 1.96. The van der Waals surface area contributed by atoms with E-state index in [9.17, 15) is 5.11 Å². The van der Waals surface area contributed by atoms with Crippen LogP contribution >= 0.6 is 0 Å². The van der Waals surface area contributed by atoms with E-state index in [0.717, 1.165) is 11.8 Å². The van der Waals surface area contributed by atoms with Crippen LogP contribution in [0, 0.1) is 11.8 Å². The summed E-state index contributed by atoms with van der Waals surface area (Å²) in [6.45, 7) is 5.00. The van der Waals surface area contributed by atoms with Gasteiger partial charge in [-0.25, -0.2) is 0 Å². The molecule has 2 unspecified atom stereocenters. The highest BCUT2D eigenvalue weighted by atomic mass is 16.3. The summed E-state index contributed by atoms with van der Waals surface area (Å²) in [4.78, 5) is 0. The van der Waals surface area contributed by atoms with E-state index in [1.165, 1.54) is 64.2 Å². The van der Waals surface area contributed by atoms with Gasteiger partial charge in [-0.1, -0.05) is 52.4 Å². The topological polar surface area (TPSA) is 32.3 Å². The molecule has 2 aliphatic rings. The molecule has 0 amide bonds. The van der Waals surface area contributed by atoms with E-state index in [1.807, 2.05) is 0 Å². The maximum atomic E-state index is 9.98. The number of hydrogen-bond acceptors (Lipinski definition) is 2. The Morgan fingerprint density at radius 1 is 1.05 bits per heavy atom. The number of rotatable bonds is 4. The molecule has 0 aromatic carbocycles. The second-order valence-electron chi connectivity index (χ2n) is 7.37. The van der Waals surface area contributed by atoms with Crippen LogP contribution in [0.4, 0.5) is 0 Å². The summed E-state index contributed by atoms with van der Waals surface area (Å²) in [6, 6.07) is 0.653. The molecule has 2 heteroatoms. The van der Waals surface area contributed by atoms with Gasteiger partial charge < -0.3 is 10.4 Å². The fourth-order valence-electron chi connectivity index (χ4n) is 4.15. The van der Waals surface area contributed by atoms with Crippen molar-refractivity contribution in [3.8, 4) is 0 Å².